The quantitative estimate of drug-likeness (QED) is 0.156. The lowest BCUT2D eigenvalue weighted by atomic mass is 10.0. The standard InChI is InChI=1S/C23H26N4O2.C22H23N3O2/c1-26-10-12-27(13-11-26)9-8-24-17-6-7-18-16(14-17)15-29-22(18)21-19-4-2-3-5-20(19)25-23(21)28;26-22-20(18-5-1-2-6-19(18)24-22)21-17-8-7-16(13-15(17)14-27-21)23-9-12-25-10-3-4-11-25/h2-7,14,24H,8-13,15H2,1H3,(H,25,28);1-2,5-8,13,23H,3-4,9-12,14H2,(H,24,26). The molecule has 56 heavy (non-hydrogen) atoms. The van der Waals surface area contributed by atoms with E-state index in [0.29, 0.717) is 35.9 Å². The first kappa shape index (κ1) is 36.0. The van der Waals surface area contributed by atoms with E-state index in [2.05, 4.69) is 79.4 Å². The van der Waals surface area contributed by atoms with Crippen molar-refractivity contribution in [1.29, 1.82) is 0 Å². The molecule has 11 heteroatoms. The van der Waals surface area contributed by atoms with Crippen molar-refractivity contribution >= 4 is 57.2 Å². The van der Waals surface area contributed by atoms with Crippen LogP contribution in [0.2, 0.25) is 0 Å². The molecule has 288 valence electrons. The number of amides is 2. The number of carbonyl (C=O) groups excluding carboxylic acids is 2. The van der Waals surface area contributed by atoms with Crippen LogP contribution in [0.3, 0.4) is 0 Å². The van der Waals surface area contributed by atoms with Crippen molar-refractivity contribution in [2.75, 3.05) is 93.8 Å². The number of ether oxygens (including phenoxy) is 2. The number of likely N-dealkylation sites (N-methyl/N-ethyl adjacent to an activating group) is 1. The Morgan fingerprint density at radius 3 is 1.54 bits per heavy atom. The summed E-state index contributed by atoms with van der Waals surface area (Å²) in [5.74, 6) is 1.19. The van der Waals surface area contributed by atoms with E-state index in [1.165, 1.54) is 25.9 Å². The fourth-order valence-electron chi connectivity index (χ4n) is 8.44. The van der Waals surface area contributed by atoms with E-state index in [9.17, 15) is 9.59 Å². The van der Waals surface area contributed by atoms with Gasteiger partial charge in [-0.3, -0.25) is 14.5 Å². The summed E-state index contributed by atoms with van der Waals surface area (Å²) in [6, 6.07) is 28.1. The number of likely N-dealkylation sites (tertiary alicyclic amines) is 1. The number of piperazine rings is 1. The summed E-state index contributed by atoms with van der Waals surface area (Å²) >= 11 is 0. The number of para-hydroxylation sites is 2. The molecule has 6 aliphatic rings. The van der Waals surface area contributed by atoms with Crippen LogP contribution >= 0.6 is 0 Å². The third-order valence-electron chi connectivity index (χ3n) is 11.6. The highest BCUT2D eigenvalue weighted by molar-refractivity contribution is 6.37. The predicted molar refractivity (Wildman–Crippen MR) is 223 cm³/mol. The lowest BCUT2D eigenvalue weighted by Crippen LogP contribution is -2.45. The Kier molecular flexibility index (Phi) is 10.2. The lowest BCUT2D eigenvalue weighted by molar-refractivity contribution is -0.111. The number of nitrogens with zero attached hydrogens (tertiary/aromatic N) is 3. The highest BCUT2D eigenvalue weighted by Gasteiger charge is 2.33. The predicted octanol–water partition coefficient (Wildman–Crippen LogP) is 6.24. The van der Waals surface area contributed by atoms with Gasteiger partial charge in [-0.05, 0) is 81.5 Å². The molecular formula is C45H49N7O4. The number of hydrogen-bond acceptors (Lipinski definition) is 9. The van der Waals surface area contributed by atoms with E-state index in [1.54, 1.807) is 0 Å². The summed E-state index contributed by atoms with van der Waals surface area (Å²) in [6.45, 7) is 12.0. The van der Waals surface area contributed by atoms with Gasteiger partial charge in [0.15, 0.2) is 0 Å². The smallest absolute Gasteiger partial charge is 0.260 e. The molecule has 2 fully saturated rings. The number of rotatable bonds is 8. The monoisotopic (exact) mass is 751 g/mol. The van der Waals surface area contributed by atoms with E-state index in [4.69, 9.17) is 9.47 Å². The van der Waals surface area contributed by atoms with Crippen molar-refractivity contribution in [3.05, 3.63) is 118 Å². The van der Waals surface area contributed by atoms with Gasteiger partial charge in [0.05, 0.1) is 11.1 Å². The van der Waals surface area contributed by atoms with Crippen molar-refractivity contribution in [3.63, 3.8) is 0 Å². The molecule has 10 rings (SSSR count). The molecule has 2 amide bonds. The molecule has 6 aliphatic heterocycles. The Bertz CT molecular complexity index is 2220. The lowest BCUT2D eigenvalue weighted by Gasteiger charge is -2.32. The number of fused-ring (bicyclic) bond motifs is 4. The SMILES string of the molecule is CN1CCN(CCNc2ccc3c(c2)COC3=C2C(=O)Nc3ccccc32)CC1.O=C1Nc2ccccc2C1=C1OCc2cc(NCCN3CCCC3)ccc21. The van der Waals surface area contributed by atoms with E-state index in [-0.39, 0.29) is 11.8 Å². The molecule has 11 nitrogen and oxygen atoms in total. The van der Waals surface area contributed by atoms with E-state index in [1.807, 2.05) is 48.5 Å². The fraction of sp³-hybridized carbons (Fsp3) is 0.333. The van der Waals surface area contributed by atoms with Crippen LogP contribution in [0.25, 0.3) is 22.7 Å². The topological polar surface area (TPSA) is 110 Å². The average molecular weight is 752 g/mol. The fourth-order valence-corrected chi connectivity index (χ4v) is 8.44. The van der Waals surface area contributed by atoms with Gasteiger partial charge in [0.1, 0.15) is 24.7 Å². The molecule has 0 unspecified atom stereocenters. The maximum Gasteiger partial charge on any atom is 0.260 e. The van der Waals surface area contributed by atoms with Gasteiger partial charge in [0.2, 0.25) is 0 Å². The zero-order valence-electron chi connectivity index (χ0n) is 32.0. The molecule has 4 aromatic rings. The molecule has 0 aliphatic carbocycles. The number of benzene rings is 4. The Morgan fingerprint density at radius 1 is 0.571 bits per heavy atom. The molecule has 0 aromatic heterocycles. The van der Waals surface area contributed by atoms with Crippen molar-refractivity contribution in [3.8, 4) is 0 Å². The minimum Gasteiger partial charge on any atom is -0.487 e. The molecule has 0 radical (unpaired) electrons. The van der Waals surface area contributed by atoms with E-state index in [0.717, 1.165) is 108 Å². The second kappa shape index (κ2) is 15.9. The zero-order chi connectivity index (χ0) is 38.0. The normalized spacial score (nSPS) is 21.2. The largest absolute Gasteiger partial charge is 0.487 e. The molecule has 4 N–H and O–H groups in total. The Hall–Kier alpha value is -5.62. The van der Waals surface area contributed by atoms with Crippen molar-refractivity contribution in [2.45, 2.75) is 26.1 Å². The second-order valence-corrected chi connectivity index (χ2v) is 15.3. The maximum atomic E-state index is 12.5. The van der Waals surface area contributed by atoms with Crippen LogP contribution in [-0.2, 0) is 32.3 Å². The first-order valence-electron chi connectivity index (χ1n) is 19.9. The van der Waals surface area contributed by atoms with E-state index < -0.39 is 0 Å². The van der Waals surface area contributed by atoms with E-state index >= 15 is 0 Å². The molecule has 0 bridgehead atoms. The maximum absolute atomic E-state index is 12.5. The van der Waals surface area contributed by atoms with Crippen LogP contribution in [0.15, 0.2) is 84.9 Å². The summed E-state index contributed by atoms with van der Waals surface area (Å²) in [5, 5.41) is 12.9. The van der Waals surface area contributed by atoms with Gasteiger partial charge in [0, 0.05) is 108 Å². The molecule has 0 spiro atoms. The highest BCUT2D eigenvalue weighted by Crippen LogP contribution is 2.43. The minimum atomic E-state index is -0.0940. The van der Waals surface area contributed by atoms with Crippen molar-refractivity contribution < 1.29 is 19.1 Å². The third-order valence-corrected chi connectivity index (χ3v) is 11.6. The number of hydrogen-bond donors (Lipinski definition) is 4. The third kappa shape index (κ3) is 7.37. The van der Waals surface area contributed by atoms with Crippen LogP contribution in [0.1, 0.15) is 46.2 Å². The number of anilines is 4. The van der Waals surface area contributed by atoms with Gasteiger partial charge in [-0.1, -0.05) is 36.4 Å². The first-order valence-corrected chi connectivity index (χ1v) is 19.9. The minimum absolute atomic E-state index is 0.0909. The zero-order valence-corrected chi connectivity index (χ0v) is 32.0. The van der Waals surface area contributed by atoms with Crippen molar-refractivity contribution in [1.82, 2.24) is 14.7 Å². The Morgan fingerprint density at radius 2 is 1.04 bits per heavy atom. The Balaban J connectivity index is 0.000000147. The van der Waals surface area contributed by atoms with Crippen LogP contribution in [-0.4, -0.2) is 99.0 Å². The second-order valence-electron chi connectivity index (χ2n) is 15.3. The Labute approximate surface area is 328 Å². The molecule has 0 saturated carbocycles. The first-order chi connectivity index (χ1) is 27.5. The van der Waals surface area contributed by atoms with Gasteiger partial charge in [-0.15, -0.1) is 0 Å². The average Bonchev–Trinajstić information content (AvgIpc) is 4.06. The number of nitrogens with one attached hydrogen (secondary N) is 4. The van der Waals surface area contributed by atoms with Crippen LogP contribution < -0.4 is 21.3 Å². The molecule has 0 atom stereocenters. The summed E-state index contributed by atoms with van der Waals surface area (Å²) < 4.78 is 11.9. The summed E-state index contributed by atoms with van der Waals surface area (Å²) in [7, 11) is 2.18. The highest BCUT2D eigenvalue weighted by atomic mass is 16.5. The summed E-state index contributed by atoms with van der Waals surface area (Å²) in [6.07, 6.45) is 2.65. The van der Waals surface area contributed by atoms with Gasteiger partial charge in [0.25, 0.3) is 11.8 Å². The van der Waals surface area contributed by atoms with Gasteiger partial charge in [-0.2, -0.15) is 0 Å². The van der Waals surface area contributed by atoms with Crippen LogP contribution in [0.5, 0.6) is 0 Å². The van der Waals surface area contributed by atoms with Crippen LogP contribution in [0.4, 0.5) is 22.7 Å². The van der Waals surface area contributed by atoms with Gasteiger partial charge in [-0.25, -0.2) is 0 Å². The van der Waals surface area contributed by atoms with Gasteiger partial charge < -0.3 is 40.5 Å². The van der Waals surface area contributed by atoms with Crippen molar-refractivity contribution in [2.24, 2.45) is 0 Å². The summed E-state index contributed by atoms with van der Waals surface area (Å²) in [5.41, 5.74) is 11.3. The molecular weight excluding hydrogens is 703 g/mol. The molecule has 6 heterocycles. The summed E-state index contributed by atoms with van der Waals surface area (Å²) in [4.78, 5) is 32.4. The molecule has 4 aromatic carbocycles. The number of carbonyl (C=O) groups is 2. The van der Waals surface area contributed by atoms with Gasteiger partial charge >= 0.3 is 0 Å². The molecule has 2 saturated heterocycles. The van der Waals surface area contributed by atoms with Crippen LogP contribution in [0, 0.1) is 0 Å².